The van der Waals surface area contributed by atoms with Gasteiger partial charge in [-0.3, -0.25) is 14.4 Å². The predicted octanol–water partition coefficient (Wildman–Crippen LogP) is -1.58. The van der Waals surface area contributed by atoms with Gasteiger partial charge in [0.15, 0.2) is 5.92 Å². The molecule has 168 valence electrons. The molecule has 0 saturated carbocycles. The molecule has 7 N–H and O–H groups in total. The molecule has 1 heterocycles. The number of hydrogen-bond acceptors (Lipinski definition) is 9. The highest BCUT2D eigenvalue weighted by Gasteiger charge is 2.49. The Morgan fingerprint density at radius 1 is 0.875 bits per heavy atom. The highest BCUT2D eigenvalue weighted by Crippen LogP contribution is 2.27. The van der Waals surface area contributed by atoms with Crippen molar-refractivity contribution in [2.75, 3.05) is 10.2 Å². The van der Waals surface area contributed by atoms with Gasteiger partial charge in [0.25, 0.3) is 11.8 Å². The third-order valence-corrected chi connectivity index (χ3v) is 6.30. The van der Waals surface area contributed by atoms with Crippen molar-refractivity contribution in [3.05, 3.63) is 48.5 Å². The molecule has 0 radical (unpaired) electrons. The number of hydrazone groups is 1. The van der Waals surface area contributed by atoms with Gasteiger partial charge in [0, 0.05) is 5.69 Å². The Hall–Kier alpha value is -3.66. The summed E-state index contributed by atoms with van der Waals surface area (Å²) in [5.41, 5.74) is -0.444. The molecule has 15 heteroatoms. The zero-order valence-corrected chi connectivity index (χ0v) is 17.6. The van der Waals surface area contributed by atoms with E-state index in [-0.39, 0.29) is 21.2 Å². The smallest absolute Gasteiger partial charge is 0.282 e. The van der Waals surface area contributed by atoms with Crippen LogP contribution in [0.3, 0.4) is 0 Å². The fourth-order valence-electron chi connectivity index (χ4n) is 2.92. The summed E-state index contributed by atoms with van der Waals surface area (Å²) in [5.74, 6) is 0.655. The van der Waals surface area contributed by atoms with Crippen LogP contribution >= 0.6 is 0 Å². The highest BCUT2D eigenvalue weighted by molar-refractivity contribution is 7.89. The molecule has 0 bridgehead atoms. The minimum Gasteiger partial charge on any atom is -0.325 e. The quantitative estimate of drug-likeness (QED) is 0.169. The third-order valence-electron chi connectivity index (χ3n) is 4.44. The second-order valence-corrected chi connectivity index (χ2v) is 9.65. The standard InChI is InChI=1S/C17H16N6O7S2/c18-22-14-13(15(24)21-9-1-5-11(6-2-9)31(19,27)28)16(25)23(17(14)26)10-3-7-12(8-4-10)32(20,29)30/h1-8,13H,18H2,(H,21,24)(H2,19,27,28)(H2,20,29,30)/b22-14-/t13-/m1/s1. The van der Waals surface area contributed by atoms with Gasteiger partial charge in [-0.05, 0) is 48.5 Å². The Labute approximate surface area is 182 Å². The normalized spacial score (nSPS) is 18.2. The fourth-order valence-corrected chi connectivity index (χ4v) is 3.95. The molecular formula is C17H16N6O7S2. The maximum Gasteiger partial charge on any atom is 0.282 e. The molecule has 2 aromatic carbocycles. The molecule has 3 amide bonds. The van der Waals surface area contributed by atoms with Crippen LogP contribution in [0.5, 0.6) is 0 Å². The monoisotopic (exact) mass is 480 g/mol. The van der Waals surface area contributed by atoms with Crippen LogP contribution in [-0.2, 0) is 34.4 Å². The minimum absolute atomic E-state index is 0.0265. The van der Waals surface area contributed by atoms with E-state index < -0.39 is 49.4 Å². The molecule has 1 atom stereocenters. The molecule has 1 aliphatic heterocycles. The van der Waals surface area contributed by atoms with Gasteiger partial charge < -0.3 is 11.2 Å². The number of carbonyl (C=O) groups is 3. The number of nitrogens with one attached hydrogen (secondary N) is 1. The molecule has 2 aromatic rings. The van der Waals surface area contributed by atoms with Crippen molar-refractivity contribution in [1.29, 1.82) is 0 Å². The molecule has 0 aromatic heterocycles. The second-order valence-electron chi connectivity index (χ2n) is 6.52. The number of imide groups is 1. The van der Waals surface area contributed by atoms with Crippen molar-refractivity contribution in [2.24, 2.45) is 27.1 Å². The first-order valence-corrected chi connectivity index (χ1v) is 11.7. The van der Waals surface area contributed by atoms with Crippen molar-refractivity contribution in [3.63, 3.8) is 0 Å². The van der Waals surface area contributed by atoms with Crippen LogP contribution < -0.4 is 26.3 Å². The summed E-state index contributed by atoms with van der Waals surface area (Å²) < 4.78 is 45.4. The lowest BCUT2D eigenvalue weighted by molar-refractivity contribution is -0.127. The number of rotatable bonds is 5. The Bertz CT molecular complexity index is 1350. The molecule has 0 unspecified atom stereocenters. The molecule has 1 aliphatic rings. The fraction of sp³-hybridized carbons (Fsp3) is 0.0588. The molecule has 3 rings (SSSR count). The number of sulfonamides is 2. The van der Waals surface area contributed by atoms with Gasteiger partial charge in [-0.15, -0.1) is 0 Å². The van der Waals surface area contributed by atoms with E-state index in [1.54, 1.807) is 0 Å². The topological polar surface area (TPSA) is 225 Å². The van der Waals surface area contributed by atoms with E-state index >= 15 is 0 Å². The number of carbonyl (C=O) groups excluding carboxylic acids is 3. The highest BCUT2D eigenvalue weighted by atomic mass is 32.2. The molecule has 0 aliphatic carbocycles. The van der Waals surface area contributed by atoms with Crippen LogP contribution in [0.15, 0.2) is 63.4 Å². The Morgan fingerprint density at radius 2 is 1.34 bits per heavy atom. The first-order valence-electron chi connectivity index (χ1n) is 8.57. The van der Waals surface area contributed by atoms with E-state index in [1.165, 1.54) is 12.1 Å². The van der Waals surface area contributed by atoms with Crippen molar-refractivity contribution in [2.45, 2.75) is 9.79 Å². The lowest BCUT2D eigenvalue weighted by atomic mass is 10.1. The van der Waals surface area contributed by atoms with Crippen LogP contribution in [-0.4, -0.2) is 40.3 Å². The van der Waals surface area contributed by atoms with Crippen LogP contribution in [0, 0.1) is 5.92 Å². The van der Waals surface area contributed by atoms with E-state index in [4.69, 9.17) is 16.1 Å². The second kappa shape index (κ2) is 8.12. The first-order chi connectivity index (χ1) is 14.8. The van der Waals surface area contributed by atoms with Crippen molar-refractivity contribution in [3.8, 4) is 0 Å². The predicted molar refractivity (Wildman–Crippen MR) is 112 cm³/mol. The van der Waals surface area contributed by atoms with Gasteiger partial charge in [0.05, 0.1) is 15.5 Å². The van der Waals surface area contributed by atoms with Gasteiger partial charge in [-0.25, -0.2) is 32.0 Å². The molecule has 32 heavy (non-hydrogen) atoms. The number of benzene rings is 2. The van der Waals surface area contributed by atoms with E-state index in [2.05, 4.69) is 10.4 Å². The molecule has 13 nitrogen and oxygen atoms in total. The summed E-state index contributed by atoms with van der Waals surface area (Å²) in [5, 5.41) is 15.7. The SMILES string of the molecule is N/N=C1\C(=O)N(c2ccc(S(N)(=O)=O)cc2)C(=O)[C@H]1C(=O)Nc1ccc(S(N)(=O)=O)cc1. The van der Waals surface area contributed by atoms with Crippen molar-refractivity contribution in [1.82, 2.24) is 0 Å². The summed E-state index contributed by atoms with van der Waals surface area (Å²) in [7, 11) is -7.94. The van der Waals surface area contributed by atoms with E-state index in [9.17, 15) is 31.2 Å². The maximum absolute atomic E-state index is 12.9. The summed E-state index contributed by atoms with van der Waals surface area (Å²) in [6.45, 7) is 0. The Kier molecular flexibility index (Phi) is 5.84. The van der Waals surface area contributed by atoms with Gasteiger partial charge in [0.2, 0.25) is 26.0 Å². The maximum atomic E-state index is 12.9. The zero-order chi connectivity index (χ0) is 23.8. The average molecular weight is 480 g/mol. The molecular weight excluding hydrogens is 464 g/mol. The molecule has 0 spiro atoms. The third kappa shape index (κ3) is 4.35. The largest absolute Gasteiger partial charge is 0.325 e. The van der Waals surface area contributed by atoms with E-state index in [0.717, 1.165) is 36.4 Å². The van der Waals surface area contributed by atoms with Crippen LogP contribution in [0.4, 0.5) is 11.4 Å². The van der Waals surface area contributed by atoms with Crippen LogP contribution in [0.1, 0.15) is 0 Å². The first kappa shape index (κ1) is 23.0. The lowest BCUT2D eigenvalue weighted by Gasteiger charge is -2.14. The number of amides is 3. The number of anilines is 2. The van der Waals surface area contributed by atoms with Gasteiger partial charge in [0.1, 0.15) is 5.71 Å². The molecule has 1 saturated heterocycles. The summed E-state index contributed by atoms with van der Waals surface area (Å²) >= 11 is 0. The van der Waals surface area contributed by atoms with Gasteiger partial charge >= 0.3 is 0 Å². The van der Waals surface area contributed by atoms with Crippen LogP contribution in [0.2, 0.25) is 0 Å². The number of nitrogens with zero attached hydrogens (tertiary/aromatic N) is 2. The average Bonchev–Trinajstić information content (AvgIpc) is 2.96. The van der Waals surface area contributed by atoms with Gasteiger partial charge in [-0.2, -0.15) is 5.10 Å². The zero-order valence-electron chi connectivity index (χ0n) is 16.0. The van der Waals surface area contributed by atoms with Crippen molar-refractivity contribution < 1.29 is 31.2 Å². The van der Waals surface area contributed by atoms with E-state index in [0.29, 0.717) is 4.90 Å². The van der Waals surface area contributed by atoms with Gasteiger partial charge in [-0.1, -0.05) is 0 Å². The number of nitrogens with two attached hydrogens (primary N) is 3. The number of primary sulfonamides is 2. The minimum atomic E-state index is -4.00. The van der Waals surface area contributed by atoms with E-state index in [1.807, 2.05) is 0 Å². The Morgan fingerprint density at radius 3 is 1.78 bits per heavy atom. The summed E-state index contributed by atoms with van der Waals surface area (Å²) in [4.78, 5) is 38.4. The lowest BCUT2D eigenvalue weighted by Crippen LogP contribution is -2.35. The molecule has 1 fully saturated rings. The number of hydrogen-bond donors (Lipinski definition) is 4. The summed E-state index contributed by atoms with van der Waals surface area (Å²) in [6, 6.07) is 9.26. The van der Waals surface area contributed by atoms with Crippen molar-refractivity contribution >= 4 is 54.9 Å². The Balaban J connectivity index is 1.88. The summed E-state index contributed by atoms with van der Waals surface area (Å²) in [6.07, 6.45) is 0. The van der Waals surface area contributed by atoms with Crippen LogP contribution in [0.25, 0.3) is 0 Å².